The lowest BCUT2D eigenvalue weighted by Gasteiger charge is -2.01. The third kappa shape index (κ3) is 11.1. The molecule has 0 aromatic rings. The molecule has 128 valence electrons. The normalized spacial score (nSPS) is 21.2. The minimum Gasteiger partial charge on any atom is -0.369 e. The molecule has 0 aromatic heterocycles. The summed E-state index contributed by atoms with van der Waals surface area (Å²) in [7, 11) is 0. The van der Waals surface area contributed by atoms with Gasteiger partial charge in [0.1, 0.15) is 0 Å². The number of ether oxygens (including phenoxy) is 1. The van der Waals surface area contributed by atoms with Crippen molar-refractivity contribution in [2.75, 3.05) is 0 Å². The van der Waals surface area contributed by atoms with E-state index in [1.807, 2.05) is 0 Å². The summed E-state index contributed by atoms with van der Waals surface area (Å²) in [5, 5.41) is 0. The van der Waals surface area contributed by atoms with Crippen LogP contribution in [-0.2, 0) is 4.74 Å². The first-order valence-corrected chi connectivity index (χ1v) is 9.84. The molecule has 1 heterocycles. The Bertz CT molecular complexity index is 292. The Hall–Kier alpha value is -0.560. The average molecular weight is 307 g/mol. The van der Waals surface area contributed by atoms with Crippen molar-refractivity contribution < 1.29 is 4.74 Å². The van der Waals surface area contributed by atoms with Gasteiger partial charge < -0.3 is 4.74 Å². The Morgan fingerprint density at radius 3 is 2.00 bits per heavy atom. The monoisotopic (exact) mass is 306 g/mol. The van der Waals surface area contributed by atoms with Crippen LogP contribution in [-0.4, -0.2) is 12.2 Å². The highest BCUT2D eigenvalue weighted by molar-refractivity contribution is 4.97. The van der Waals surface area contributed by atoms with Crippen LogP contribution in [0.25, 0.3) is 0 Å². The summed E-state index contributed by atoms with van der Waals surface area (Å²) < 4.78 is 5.75. The first-order valence-electron chi connectivity index (χ1n) is 9.84. The highest BCUT2D eigenvalue weighted by Gasteiger charge is 2.36. The van der Waals surface area contributed by atoms with Gasteiger partial charge in [0.05, 0.1) is 12.2 Å². The van der Waals surface area contributed by atoms with Gasteiger partial charge >= 0.3 is 0 Å². The predicted molar refractivity (Wildman–Crippen MR) is 98.3 cm³/mol. The summed E-state index contributed by atoms with van der Waals surface area (Å²) in [6, 6.07) is 0. The number of allylic oxidation sites excluding steroid dienone is 3. The standard InChI is InChI=1S/C21H38O/c1-3-5-7-9-11-12-13-15-17-19-21-20(22-21)18-16-14-10-8-6-4-2/h6,8,14,16,20-21H,3-5,7,9-13,15,17-19H2,1-2H3/b8-6+,16-14+/t20-,21+/m0/s1. The maximum absolute atomic E-state index is 5.75. The lowest BCUT2D eigenvalue weighted by Crippen LogP contribution is -1.93. The molecule has 1 aliphatic rings. The van der Waals surface area contributed by atoms with Gasteiger partial charge in [-0.15, -0.1) is 0 Å². The molecule has 1 saturated heterocycles. The Kier molecular flexibility index (Phi) is 12.5. The first kappa shape index (κ1) is 19.5. The smallest absolute Gasteiger partial charge is 0.0876 e. The topological polar surface area (TPSA) is 12.5 Å². The van der Waals surface area contributed by atoms with Gasteiger partial charge in [-0.25, -0.2) is 0 Å². The molecule has 0 saturated carbocycles. The quantitative estimate of drug-likeness (QED) is 0.181. The fourth-order valence-electron chi connectivity index (χ4n) is 2.96. The van der Waals surface area contributed by atoms with Gasteiger partial charge in [0.25, 0.3) is 0 Å². The summed E-state index contributed by atoms with van der Waals surface area (Å²) in [5.74, 6) is 0. The molecule has 1 fully saturated rings. The largest absolute Gasteiger partial charge is 0.369 e. The first-order chi connectivity index (χ1) is 10.9. The van der Waals surface area contributed by atoms with Crippen LogP contribution in [0.2, 0.25) is 0 Å². The molecule has 0 spiro atoms. The van der Waals surface area contributed by atoms with Crippen molar-refractivity contribution >= 4 is 0 Å². The number of rotatable bonds is 15. The Morgan fingerprint density at radius 2 is 1.32 bits per heavy atom. The lowest BCUT2D eigenvalue weighted by atomic mass is 10.0. The van der Waals surface area contributed by atoms with E-state index in [0.29, 0.717) is 12.2 Å². The summed E-state index contributed by atoms with van der Waals surface area (Å²) in [4.78, 5) is 0. The molecule has 22 heavy (non-hydrogen) atoms. The van der Waals surface area contributed by atoms with Crippen molar-refractivity contribution in [1.29, 1.82) is 0 Å². The molecule has 1 rings (SSSR count). The summed E-state index contributed by atoms with van der Waals surface area (Å²) in [6.07, 6.45) is 27.5. The van der Waals surface area contributed by atoms with E-state index >= 15 is 0 Å². The average Bonchev–Trinajstić information content (AvgIpc) is 3.27. The minimum absolute atomic E-state index is 0.528. The van der Waals surface area contributed by atoms with E-state index in [9.17, 15) is 0 Å². The summed E-state index contributed by atoms with van der Waals surface area (Å²) in [5.41, 5.74) is 0. The van der Waals surface area contributed by atoms with Crippen molar-refractivity contribution in [1.82, 2.24) is 0 Å². The van der Waals surface area contributed by atoms with Crippen LogP contribution in [0.5, 0.6) is 0 Å². The maximum Gasteiger partial charge on any atom is 0.0876 e. The second kappa shape index (κ2) is 14.1. The van der Waals surface area contributed by atoms with Crippen LogP contribution < -0.4 is 0 Å². The molecule has 0 aromatic carbocycles. The second-order valence-electron chi connectivity index (χ2n) is 6.65. The van der Waals surface area contributed by atoms with E-state index < -0.39 is 0 Å². The third-order valence-corrected chi connectivity index (χ3v) is 4.49. The van der Waals surface area contributed by atoms with Gasteiger partial charge in [0.2, 0.25) is 0 Å². The van der Waals surface area contributed by atoms with Gasteiger partial charge in [-0.05, 0) is 25.7 Å². The molecule has 1 aliphatic heterocycles. The van der Waals surface area contributed by atoms with Crippen molar-refractivity contribution in [3.05, 3.63) is 24.3 Å². The summed E-state index contributed by atoms with van der Waals surface area (Å²) >= 11 is 0. The van der Waals surface area contributed by atoms with Crippen molar-refractivity contribution in [3.8, 4) is 0 Å². The van der Waals surface area contributed by atoms with Crippen LogP contribution >= 0.6 is 0 Å². The molecule has 0 unspecified atom stereocenters. The molecule has 1 nitrogen and oxygen atoms in total. The molecule has 0 aliphatic carbocycles. The molecule has 2 atom stereocenters. The van der Waals surface area contributed by atoms with Gasteiger partial charge in [-0.1, -0.05) is 95.9 Å². The maximum atomic E-state index is 5.75. The molecule has 0 bridgehead atoms. The highest BCUT2D eigenvalue weighted by atomic mass is 16.6. The van der Waals surface area contributed by atoms with E-state index in [1.165, 1.54) is 64.2 Å². The highest BCUT2D eigenvalue weighted by Crippen LogP contribution is 2.30. The number of epoxide rings is 1. The van der Waals surface area contributed by atoms with Crippen LogP contribution in [0.3, 0.4) is 0 Å². The SMILES string of the molecule is CC/C=C/C/C=C/C[C@@H]1O[C@@H]1CCCCCCCCCCC. The molecular formula is C21H38O. The van der Waals surface area contributed by atoms with E-state index in [4.69, 9.17) is 4.74 Å². The lowest BCUT2D eigenvalue weighted by molar-refractivity contribution is 0.358. The second-order valence-corrected chi connectivity index (χ2v) is 6.65. The van der Waals surface area contributed by atoms with Crippen LogP contribution in [0.15, 0.2) is 24.3 Å². The fourth-order valence-corrected chi connectivity index (χ4v) is 2.96. The third-order valence-electron chi connectivity index (χ3n) is 4.49. The number of unbranched alkanes of at least 4 members (excludes halogenated alkanes) is 8. The van der Waals surface area contributed by atoms with Gasteiger partial charge in [-0.3, -0.25) is 0 Å². The summed E-state index contributed by atoms with van der Waals surface area (Å²) in [6.45, 7) is 4.46. The zero-order chi connectivity index (χ0) is 15.9. The molecule has 0 amide bonds. The van der Waals surface area contributed by atoms with Crippen molar-refractivity contribution in [2.24, 2.45) is 0 Å². The molecule has 0 radical (unpaired) electrons. The van der Waals surface area contributed by atoms with Crippen molar-refractivity contribution in [3.63, 3.8) is 0 Å². The molecule has 0 N–H and O–H groups in total. The van der Waals surface area contributed by atoms with E-state index in [-0.39, 0.29) is 0 Å². The van der Waals surface area contributed by atoms with Gasteiger partial charge in [0, 0.05) is 0 Å². The zero-order valence-electron chi connectivity index (χ0n) is 15.1. The predicted octanol–water partition coefficient (Wildman–Crippen LogP) is 6.98. The van der Waals surface area contributed by atoms with Crippen LogP contribution in [0, 0.1) is 0 Å². The molecular weight excluding hydrogens is 268 g/mol. The Labute approximate surface area is 139 Å². The fraction of sp³-hybridized carbons (Fsp3) is 0.810. The van der Waals surface area contributed by atoms with Crippen LogP contribution in [0.4, 0.5) is 0 Å². The number of hydrogen-bond donors (Lipinski definition) is 0. The zero-order valence-corrected chi connectivity index (χ0v) is 15.1. The van der Waals surface area contributed by atoms with Crippen LogP contribution in [0.1, 0.15) is 97.3 Å². The van der Waals surface area contributed by atoms with E-state index in [1.54, 1.807) is 0 Å². The van der Waals surface area contributed by atoms with Crippen molar-refractivity contribution in [2.45, 2.75) is 110 Å². The minimum atomic E-state index is 0.528. The van der Waals surface area contributed by atoms with E-state index in [2.05, 4.69) is 38.2 Å². The van der Waals surface area contributed by atoms with E-state index in [0.717, 1.165) is 19.3 Å². The Balaban J connectivity index is 1.81. The molecule has 1 heteroatoms. The number of hydrogen-bond acceptors (Lipinski definition) is 1. The van der Waals surface area contributed by atoms with Gasteiger partial charge in [-0.2, -0.15) is 0 Å². The van der Waals surface area contributed by atoms with Gasteiger partial charge in [0.15, 0.2) is 0 Å². The Morgan fingerprint density at radius 1 is 0.682 bits per heavy atom.